The lowest BCUT2D eigenvalue weighted by atomic mass is 10.0. The van der Waals surface area contributed by atoms with Crippen molar-refractivity contribution in [2.24, 2.45) is 5.73 Å². The van der Waals surface area contributed by atoms with E-state index in [1.54, 1.807) is 6.92 Å². The Morgan fingerprint density at radius 1 is 1.24 bits per heavy atom. The van der Waals surface area contributed by atoms with Crippen LogP contribution in [0.15, 0.2) is 36.4 Å². The summed E-state index contributed by atoms with van der Waals surface area (Å²) in [5, 5.41) is 0.718. The van der Waals surface area contributed by atoms with Gasteiger partial charge < -0.3 is 10.6 Å². The summed E-state index contributed by atoms with van der Waals surface area (Å²) in [6.07, 6.45) is 0. The maximum absolute atomic E-state index is 13.8. The van der Waals surface area contributed by atoms with Crippen LogP contribution in [-0.2, 0) is 6.54 Å². The third kappa shape index (κ3) is 3.74. The molecule has 2 N–H and O–H groups in total. The molecule has 2 aromatic carbocycles. The van der Waals surface area contributed by atoms with Crippen LogP contribution in [0.2, 0.25) is 5.02 Å². The molecular weight excluding hydrogens is 287 g/mol. The van der Waals surface area contributed by atoms with Crippen molar-refractivity contribution in [3.63, 3.8) is 0 Å². The zero-order chi connectivity index (χ0) is 15.6. The van der Waals surface area contributed by atoms with E-state index in [4.69, 9.17) is 17.3 Å². The van der Waals surface area contributed by atoms with E-state index in [0.717, 1.165) is 21.8 Å². The lowest BCUT2D eigenvalue weighted by molar-refractivity contribution is 0.612. The molecule has 0 unspecified atom stereocenters. The second kappa shape index (κ2) is 6.46. The van der Waals surface area contributed by atoms with Crippen molar-refractivity contribution in [3.05, 3.63) is 63.9 Å². The van der Waals surface area contributed by atoms with Gasteiger partial charge in [-0.1, -0.05) is 23.7 Å². The van der Waals surface area contributed by atoms with Gasteiger partial charge >= 0.3 is 0 Å². The highest BCUT2D eigenvalue weighted by Crippen LogP contribution is 2.28. The molecule has 0 fully saturated rings. The summed E-state index contributed by atoms with van der Waals surface area (Å²) in [6.45, 7) is 4.34. The normalized spacial score (nSPS) is 12.3. The molecule has 0 aromatic heterocycles. The van der Waals surface area contributed by atoms with Crippen molar-refractivity contribution >= 4 is 17.3 Å². The van der Waals surface area contributed by atoms with E-state index in [-0.39, 0.29) is 11.9 Å². The summed E-state index contributed by atoms with van der Waals surface area (Å²) in [5.41, 5.74) is 9.51. The maximum atomic E-state index is 13.8. The molecule has 0 saturated carbocycles. The highest BCUT2D eigenvalue weighted by Gasteiger charge is 2.14. The fourth-order valence-corrected chi connectivity index (χ4v) is 2.45. The number of nitrogens with zero attached hydrogens (tertiary/aromatic N) is 1. The van der Waals surface area contributed by atoms with E-state index in [0.29, 0.717) is 12.1 Å². The molecule has 21 heavy (non-hydrogen) atoms. The average Bonchev–Trinajstić information content (AvgIpc) is 2.43. The quantitative estimate of drug-likeness (QED) is 0.904. The van der Waals surface area contributed by atoms with Gasteiger partial charge in [0.1, 0.15) is 5.82 Å². The van der Waals surface area contributed by atoms with Crippen LogP contribution in [0.25, 0.3) is 0 Å². The van der Waals surface area contributed by atoms with E-state index in [1.165, 1.54) is 6.07 Å². The Hall–Kier alpha value is -1.58. The molecule has 2 aromatic rings. The molecule has 2 rings (SSSR count). The maximum Gasteiger partial charge on any atom is 0.126 e. The Morgan fingerprint density at radius 2 is 1.86 bits per heavy atom. The zero-order valence-electron chi connectivity index (χ0n) is 12.5. The summed E-state index contributed by atoms with van der Waals surface area (Å²) in [7, 11) is 1.98. The van der Waals surface area contributed by atoms with Gasteiger partial charge in [0, 0.05) is 30.3 Å². The number of nitrogens with two attached hydrogens (primary N) is 1. The first-order valence-electron chi connectivity index (χ1n) is 6.89. The van der Waals surface area contributed by atoms with Gasteiger partial charge in [-0.05, 0) is 54.8 Å². The lowest BCUT2D eigenvalue weighted by Gasteiger charge is -2.25. The van der Waals surface area contributed by atoms with Crippen LogP contribution in [0, 0.1) is 12.7 Å². The molecule has 0 amide bonds. The van der Waals surface area contributed by atoms with Crippen molar-refractivity contribution in [1.82, 2.24) is 0 Å². The zero-order valence-corrected chi connectivity index (χ0v) is 13.3. The summed E-state index contributed by atoms with van der Waals surface area (Å²) in [6, 6.07) is 10.9. The van der Waals surface area contributed by atoms with E-state index in [1.807, 2.05) is 44.3 Å². The Balaban J connectivity index is 2.31. The summed E-state index contributed by atoms with van der Waals surface area (Å²) < 4.78 is 13.8. The Labute approximate surface area is 130 Å². The van der Waals surface area contributed by atoms with Gasteiger partial charge in [-0.25, -0.2) is 4.39 Å². The van der Waals surface area contributed by atoms with Gasteiger partial charge in [0.05, 0.1) is 0 Å². The first-order chi connectivity index (χ1) is 9.88. The van der Waals surface area contributed by atoms with E-state index in [2.05, 4.69) is 4.90 Å². The van der Waals surface area contributed by atoms with Gasteiger partial charge in [-0.15, -0.1) is 0 Å². The van der Waals surface area contributed by atoms with Gasteiger partial charge in [-0.3, -0.25) is 0 Å². The number of benzene rings is 2. The molecule has 0 aliphatic rings. The third-order valence-corrected chi connectivity index (χ3v) is 3.79. The Morgan fingerprint density at radius 3 is 2.43 bits per heavy atom. The third-order valence-electron chi connectivity index (χ3n) is 3.54. The fourth-order valence-electron chi connectivity index (χ4n) is 2.33. The fraction of sp³-hybridized carbons (Fsp3) is 0.294. The standard InChI is InChI=1S/C17H20ClFN2/c1-11-8-17(15(12(2)20)9-16(11)19)21(3)10-13-4-6-14(18)7-5-13/h4-9,12H,10,20H2,1-3H3/t12-/m0/s1. The first kappa shape index (κ1) is 15.8. The SMILES string of the molecule is Cc1cc(N(C)Cc2ccc(Cl)cc2)c([C@H](C)N)cc1F. The lowest BCUT2D eigenvalue weighted by Crippen LogP contribution is -2.20. The molecule has 4 heteroatoms. The topological polar surface area (TPSA) is 29.3 Å². The van der Waals surface area contributed by atoms with Crippen molar-refractivity contribution in [2.45, 2.75) is 26.4 Å². The minimum atomic E-state index is -0.220. The summed E-state index contributed by atoms with van der Waals surface area (Å²) >= 11 is 5.90. The van der Waals surface area contributed by atoms with Crippen molar-refractivity contribution in [1.29, 1.82) is 0 Å². The highest BCUT2D eigenvalue weighted by molar-refractivity contribution is 6.30. The molecule has 2 nitrogen and oxygen atoms in total. The number of rotatable bonds is 4. The van der Waals surface area contributed by atoms with Crippen molar-refractivity contribution < 1.29 is 4.39 Å². The number of halogens is 2. The molecule has 0 saturated heterocycles. The largest absolute Gasteiger partial charge is 0.370 e. The van der Waals surface area contributed by atoms with Gasteiger partial charge in [-0.2, -0.15) is 0 Å². The van der Waals surface area contributed by atoms with Gasteiger partial charge in [0.2, 0.25) is 0 Å². The second-order valence-corrected chi connectivity index (χ2v) is 5.87. The molecule has 0 aliphatic heterocycles. The molecule has 1 atom stereocenters. The predicted octanol–water partition coefficient (Wildman–Crippen LogP) is 4.44. The molecule has 0 heterocycles. The smallest absolute Gasteiger partial charge is 0.126 e. The van der Waals surface area contributed by atoms with Gasteiger partial charge in [0.15, 0.2) is 0 Å². The van der Waals surface area contributed by atoms with Crippen LogP contribution in [0.1, 0.15) is 29.7 Å². The molecule has 0 bridgehead atoms. The molecule has 0 radical (unpaired) electrons. The van der Waals surface area contributed by atoms with E-state index >= 15 is 0 Å². The number of hydrogen-bond acceptors (Lipinski definition) is 2. The highest BCUT2D eigenvalue weighted by atomic mass is 35.5. The predicted molar refractivity (Wildman–Crippen MR) is 87.3 cm³/mol. The van der Waals surface area contributed by atoms with Crippen LogP contribution < -0.4 is 10.6 Å². The monoisotopic (exact) mass is 306 g/mol. The van der Waals surface area contributed by atoms with Crippen LogP contribution in [0.3, 0.4) is 0 Å². The van der Waals surface area contributed by atoms with Crippen LogP contribution in [0.5, 0.6) is 0 Å². The average molecular weight is 307 g/mol. The van der Waals surface area contributed by atoms with Crippen LogP contribution >= 0.6 is 11.6 Å². The second-order valence-electron chi connectivity index (χ2n) is 5.43. The van der Waals surface area contributed by atoms with Crippen LogP contribution in [-0.4, -0.2) is 7.05 Å². The molecule has 112 valence electrons. The van der Waals surface area contributed by atoms with Crippen molar-refractivity contribution in [2.75, 3.05) is 11.9 Å². The Kier molecular flexibility index (Phi) is 4.86. The van der Waals surface area contributed by atoms with E-state index < -0.39 is 0 Å². The molecular formula is C17H20ClFN2. The molecule has 0 spiro atoms. The summed E-state index contributed by atoms with van der Waals surface area (Å²) in [4.78, 5) is 2.08. The minimum Gasteiger partial charge on any atom is -0.370 e. The minimum absolute atomic E-state index is 0.217. The Bertz CT molecular complexity index is 623. The van der Waals surface area contributed by atoms with E-state index in [9.17, 15) is 4.39 Å². The number of hydrogen-bond donors (Lipinski definition) is 1. The first-order valence-corrected chi connectivity index (χ1v) is 7.27. The van der Waals surface area contributed by atoms with Gasteiger partial charge in [0.25, 0.3) is 0 Å². The number of aryl methyl sites for hydroxylation is 1. The molecule has 0 aliphatic carbocycles. The van der Waals surface area contributed by atoms with Crippen LogP contribution in [0.4, 0.5) is 10.1 Å². The summed E-state index contributed by atoms with van der Waals surface area (Å²) in [5.74, 6) is -0.217. The number of anilines is 1. The van der Waals surface area contributed by atoms with Crippen molar-refractivity contribution in [3.8, 4) is 0 Å².